The van der Waals surface area contributed by atoms with Crippen LogP contribution in [0.15, 0.2) is 41.1 Å². The quantitative estimate of drug-likeness (QED) is 0.785. The molecule has 1 N–H and O–H groups in total. The molecule has 21 heavy (non-hydrogen) atoms. The molecule has 7 heteroatoms. The molecule has 0 aromatic carbocycles. The lowest BCUT2D eigenvalue weighted by molar-refractivity contribution is 0.585. The lowest BCUT2D eigenvalue weighted by Gasteiger charge is -1.99. The number of hydrogen-bond donors (Lipinski definition) is 1. The fraction of sp³-hybridized carbons (Fsp3) is 0.0714. The Labute approximate surface area is 120 Å². The minimum absolute atomic E-state index is 0.235. The fourth-order valence-corrected chi connectivity index (χ4v) is 1.63. The van der Waals surface area contributed by atoms with E-state index in [9.17, 15) is 0 Å². The number of anilines is 2. The number of nitriles is 1. The summed E-state index contributed by atoms with van der Waals surface area (Å²) in [7, 11) is 0. The van der Waals surface area contributed by atoms with Gasteiger partial charge in [0.2, 0.25) is 0 Å². The van der Waals surface area contributed by atoms with Crippen LogP contribution in [0.25, 0.3) is 11.6 Å². The van der Waals surface area contributed by atoms with Gasteiger partial charge >= 0.3 is 6.01 Å². The molecular weight excluding hydrogens is 268 g/mol. The molecule has 0 unspecified atom stereocenters. The number of aryl methyl sites for hydroxylation is 1. The molecule has 7 nitrogen and oxygen atoms in total. The summed E-state index contributed by atoms with van der Waals surface area (Å²) < 4.78 is 5.48. The maximum atomic E-state index is 8.69. The lowest BCUT2D eigenvalue weighted by atomic mass is 10.3. The Morgan fingerprint density at radius 2 is 2.00 bits per heavy atom. The smallest absolute Gasteiger partial charge is 0.320 e. The lowest BCUT2D eigenvalue weighted by Crippen LogP contribution is -1.92. The normalized spacial score (nSPS) is 10.1. The van der Waals surface area contributed by atoms with Crippen LogP contribution in [0.4, 0.5) is 11.7 Å². The zero-order valence-corrected chi connectivity index (χ0v) is 11.1. The molecule has 0 fully saturated rings. The van der Waals surface area contributed by atoms with Gasteiger partial charge in [-0.05, 0) is 30.7 Å². The highest BCUT2D eigenvalue weighted by atomic mass is 16.4. The number of rotatable bonds is 3. The van der Waals surface area contributed by atoms with Gasteiger partial charge in [0.15, 0.2) is 0 Å². The van der Waals surface area contributed by atoms with E-state index >= 15 is 0 Å². The van der Waals surface area contributed by atoms with Crippen molar-refractivity contribution in [3.8, 4) is 17.7 Å². The van der Waals surface area contributed by atoms with E-state index in [1.807, 2.05) is 25.1 Å². The third kappa shape index (κ3) is 2.84. The molecule has 0 spiro atoms. The number of nitrogens with one attached hydrogen (secondary N) is 1. The van der Waals surface area contributed by atoms with Crippen molar-refractivity contribution in [2.24, 2.45) is 0 Å². The minimum Gasteiger partial charge on any atom is -0.401 e. The Hall–Kier alpha value is -3.27. The summed E-state index contributed by atoms with van der Waals surface area (Å²) in [5, 5.41) is 19.4. The summed E-state index contributed by atoms with van der Waals surface area (Å²) >= 11 is 0. The SMILES string of the molecule is Cc1ccc(-c2nnc(Nc3ccc(C#N)nc3)o2)nc1. The molecule has 3 rings (SSSR count). The van der Waals surface area contributed by atoms with Crippen molar-refractivity contribution in [2.75, 3.05) is 5.32 Å². The zero-order valence-electron chi connectivity index (χ0n) is 11.1. The number of aromatic nitrogens is 4. The first kappa shape index (κ1) is 12.7. The molecule has 3 heterocycles. The molecule has 0 amide bonds. The highest BCUT2D eigenvalue weighted by Gasteiger charge is 2.09. The highest BCUT2D eigenvalue weighted by molar-refractivity contribution is 5.53. The van der Waals surface area contributed by atoms with Gasteiger partial charge < -0.3 is 9.73 Å². The molecular formula is C14H10N6O. The third-order valence-electron chi connectivity index (χ3n) is 2.68. The monoisotopic (exact) mass is 278 g/mol. The fourth-order valence-electron chi connectivity index (χ4n) is 1.63. The van der Waals surface area contributed by atoms with Gasteiger partial charge in [0.1, 0.15) is 17.5 Å². The molecule has 0 aliphatic heterocycles. The molecule has 102 valence electrons. The Morgan fingerprint density at radius 3 is 2.67 bits per heavy atom. The largest absolute Gasteiger partial charge is 0.401 e. The second kappa shape index (κ2) is 5.38. The van der Waals surface area contributed by atoms with Gasteiger partial charge in [-0.1, -0.05) is 11.2 Å². The minimum atomic E-state index is 0.235. The molecule has 0 aliphatic carbocycles. The van der Waals surface area contributed by atoms with Crippen LogP contribution in [0, 0.1) is 18.3 Å². The summed E-state index contributed by atoms with van der Waals surface area (Å²) in [4.78, 5) is 8.16. The summed E-state index contributed by atoms with van der Waals surface area (Å²) in [5.74, 6) is 0.333. The molecule has 0 saturated heterocycles. The van der Waals surface area contributed by atoms with Crippen LogP contribution < -0.4 is 5.32 Å². The van der Waals surface area contributed by atoms with Gasteiger partial charge in [0, 0.05) is 6.20 Å². The van der Waals surface area contributed by atoms with Crippen molar-refractivity contribution in [1.82, 2.24) is 20.2 Å². The molecule has 0 atom stereocenters. The molecule has 3 aromatic heterocycles. The highest BCUT2D eigenvalue weighted by Crippen LogP contribution is 2.20. The van der Waals surface area contributed by atoms with E-state index in [0.29, 0.717) is 23.0 Å². The Morgan fingerprint density at radius 1 is 1.10 bits per heavy atom. The van der Waals surface area contributed by atoms with Crippen LogP contribution in [0.3, 0.4) is 0 Å². The summed E-state index contributed by atoms with van der Waals surface area (Å²) in [6, 6.07) is 9.23. The van der Waals surface area contributed by atoms with Crippen LogP contribution >= 0.6 is 0 Å². The Bertz CT molecular complexity index is 786. The van der Waals surface area contributed by atoms with Crippen LogP contribution in [0.1, 0.15) is 11.3 Å². The first-order chi connectivity index (χ1) is 10.2. The second-order valence-electron chi connectivity index (χ2n) is 4.30. The van der Waals surface area contributed by atoms with Crippen molar-refractivity contribution >= 4 is 11.7 Å². The molecule has 0 radical (unpaired) electrons. The summed E-state index contributed by atoms with van der Waals surface area (Å²) in [5.41, 5.74) is 2.66. The van der Waals surface area contributed by atoms with Crippen LogP contribution in [-0.4, -0.2) is 20.2 Å². The topological polar surface area (TPSA) is 101 Å². The van der Waals surface area contributed by atoms with Gasteiger partial charge in [-0.2, -0.15) is 5.26 Å². The van der Waals surface area contributed by atoms with Crippen molar-refractivity contribution < 1.29 is 4.42 Å². The van der Waals surface area contributed by atoms with Crippen LogP contribution in [0.5, 0.6) is 0 Å². The van der Waals surface area contributed by atoms with E-state index in [1.54, 1.807) is 18.3 Å². The van der Waals surface area contributed by atoms with Crippen molar-refractivity contribution in [3.05, 3.63) is 47.9 Å². The first-order valence-corrected chi connectivity index (χ1v) is 6.14. The van der Waals surface area contributed by atoms with Gasteiger partial charge in [0.05, 0.1) is 11.9 Å². The first-order valence-electron chi connectivity index (χ1n) is 6.14. The maximum Gasteiger partial charge on any atom is 0.320 e. The number of hydrogen-bond acceptors (Lipinski definition) is 7. The predicted octanol–water partition coefficient (Wildman–Crippen LogP) is 2.45. The van der Waals surface area contributed by atoms with Crippen molar-refractivity contribution in [2.45, 2.75) is 6.92 Å². The standard InChI is InChI=1S/C14H10N6O/c1-9-2-5-12(17-7-9)13-19-20-14(21-13)18-11-4-3-10(6-15)16-8-11/h2-5,7-8H,1H3,(H,18,20). The number of nitrogens with zero attached hydrogens (tertiary/aromatic N) is 5. The van der Waals surface area contributed by atoms with E-state index in [-0.39, 0.29) is 6.01 Å². The summed E-state index contributed by atoms with van der Waals surface area (Å²) in [6.07, 6.45) is 3.25. The van der Waals surface area contributed by atoms with Crippen molar-refractivity contribution in [3.63, 3.8) is 0 Å². The van der Waals surface area contributed by atoms with Gasteiger partial charge in [-0.25, -0.2) is 4.98 Å². The van der Waals surface area contributed by atoms with Crippen molar-refractivity contribution in [1.29, 1.82) is 5.26 Å². The van der Waals surface area contributed by atoms with Crippen LogP contribution in [0.2, 0.25) is 0 Å². The molecule has 0 bridgehead atoms. The van der Waals surface area contributed by atoms with Crippen LogP contribution in [-0.2, 0) is 0 Å². The maximum absolute atomic E-state index is 8.69. The van der Waals surface area contributed by atoms with Gasteiger partial charge in [0.25, 0.3) is 5.89 Å². The predicted molar refractivity (Wildman–Crippen MR) is 74.5 cm³/mol. The molecule has 0 aliphatic rings. The van der Waals surface area contributed by atoms with E-state index in [1.165, 1.54) is 6.20 Å². The third-order valence-corrected chi connectivity index (χ3v) is 2.68. The molecule has 3 aromatic rings. The zero-order chi connectivity index (χ0) is 14.7. The number of pyridine rings is 2. The van der Waals surface area contributed by atoms with Gasteiger partial charge in [-0.3, -0.25) is 4.98 Å². The Kier molecular flexibility index (Phi) is 3.27. The Balaban J connectivity index is 1.78. The van der Waals surface area contributed by atoms with E-state index in [2.05, 4.69) is 25.5 Å². The summed E-state index contributed by atoms with van der Waals surface area (Å²) in [6.45, 7) is 1.95. The average molecular weight is 278 g/mol. The average Bonchev–Trinajstić information content (AvgIpc) is 2.97. The van der Waals surface area contributed by atoms with E-state index < -0.39 is 0 Å². The molecule has 0 saturated carbocycles. The van der Waals surface area contributed by atoms with E-state index in [4.69, 9.17) is 9.68 Å². The second-order valence-corrected chi connectivity index (χ2v) is 4.30. The van der Waals surface area contributed by atoms with E-state index in [0.717, 1.165) is 5.56 Å². The van der Waals surface area contributed by atoms with Gasteiger partial charge in [-0.15, -0.1) is 5.10 Å².